The summed E-state index contributed by atoms with van der Waals surface area (Å²) in [5.41, 5.74) is 6.96. The van der Waals surface area contributed by atoms with Crippen LogP contribution in [-0.4, -0.2) is 31.1 Å². The third kappa shape index (κ3) is 7.52. The molecule has 1 N–H and O–H groups in total. The number of allylic oxidation sites excluding steroid dienone is 2. The minimum Gasteiger partial charge on any atom is -0.384 e. The van der Waals surface area contributed by atoms with Gasteiger partial charge in [-0.3, -0.25) is 4.90 Å². The predicted octanol–water partition coefficient (Wildman–Crippen LogP) is 7.42. The molecule has 0 saturated heterocycles. The second-order valence-electron chi connectivity index (χ2n) is 9.72. The Labute approximate surface area is 198 Å². The van der Waals surface area contributed by atoms with Crippen molar-refractivity contribution in [2.75, 3.05) is 20.1 Å². The third-order valence-electron chi connectivity index (χ3n) is 7.03. The summed E-state index contributed by atoms with van der Waals surface area (Å²) in [6, 6.07) is 9.80. The third-order valence-corrected chi connectivity index (χ3v) is 7.03. The fourth-order valence-electron chi connectivity index (χ4n) is 4.88. The van der Waals surface area contributed by atoms with E-state index >= 15 is 0 Å². The van der Waals surface area contributed by atoms with E-state index in [0.29, 0.717) is 6.04 Å². The van der Waals surface area contributed by atoms with Crippen LogP contribution in [0.3, 0.4) is 0 Å². The lowest BCUT2D eigenvalue weighted by molar-refractivity contribution is 0.348. The van der Waals surface area contributed by atoms with Gasteiger partial charge in [0.05, 0.1) is 0 Å². The summed E-state index contributed by atoms with van der Waals surface area (Å²) in [5, 5.41) is 3.54. The van der Waals surface area contributed by atoms with Crippen LogP contribution in [0.2, 0.25) is 0 Å². The normalized spacial score (nSPS) is 23.3. The van der Waals surface area contributed by atoms with Gasteiger partial charge in [-0.25, -0.2) is 0 Å². The van der Waals surface area contributed by atoms with Gasteiger partial charge in [0.15, 0.2) is 0 Å². The highest BCUT2D eigenvalue weighted by atomic mass is 15.1. The molecule has 0 amide bonds. The molecule has 3 rings (SSSR count). The fourth-order valence-corrected chi connectivity index (χ4v) is 4.88. The van der Waals surface area contributed by atoms with Crippen molar-refractivity contribution >= 4 is 0 Å². The predicted molar refractivity (Wildman–Crippen MR) is 142 cm³/mol. The lowest BCUT2D eigenvalue weighted by Gasteiger charge is -2.27. The lowest BCUT2D eigenvalue weighted by atomic mass is 9.79. The van der Waals surface area contributed by atoms with Gasteiger partial charge in [0.2, 0.25) is 0 Å². The van der Waals surface area contributed by atoms with Gasteiger partial charge in [-0.05, 0) is 86.0 Å². The van der Waals surface area contributed by atoms with Crippen molar-refractivity contribution < 1.29 is 0 Å². The van der Waals surface area contributed by atoms with E-state index in [-0.39, 0.29) is 7.43 Å². The maximum absolute atomic E-state index is 4.16. The summed E-state index contributed by atoms with van der Waals surface area (Å²) in [6.07, 6.45) is 16.5. The first-order valence-corrected chi connectivity index (χ1v) is 12.2. The van der Waals surface area contributed by atoms with E-state index in [4.69, 9.17) is 0 Å². The molecule has 176 valence electrons. The van der Waals surface area contributed by atoms with Gasteiger partial charge in [-0.1, -0.05) is 82.7 Å². The Morgan fingerprint density at radius 2 is 1.81 bits per heavy atom. The molecule has 0 spiro atoms. The standard InChI is InChI=1S/C29H42N2.CH4/c1-6-22(3)20-31(5)21-25(7-2)28-16-17-30-29(19-28)18-24-10-14-27(15-11-24)26-12-8-23(4)9-13-26;/h7,10-11,14-17,19,23,26,29-30H,3,6,8-9,12-13,18,20-21H2,1-2,4-5H3;1H4/b25-7+;. The number of nitrogens with zero attached hydrogens (tertiary/aromatic N) is 1. The Morgan fingerprint density at radius 1 is 1.12 bits per heavy atom. The molecule has 1 aliphatic carbocycles. The number of hydrogen-bond donors (Lipinski definition) is 1. The van der Waals surface area contributed by atoms with E-state index in [1.807, 2.05) is 0 Å². The highest BCUT2D eigenvalue weighted by Crippen LogP contribution is 2.35. The van der Waals surface area contributed by atoms with E-state index in [9.17, 15) is 0 Å². The molecule has 1 aromatic carbocycles. The largest absolute Gasteiger partial charge is 0.384 e. The molecule has 1 aliphatic heterocycles. The molecule has 32 heavy (non-hydrogen) atoms. The van der Waals surface area contributed by atoms with E-state index < -0.39 is 0 Å². The molecule has 1 unspecified atom stereocenters. The molecule has 2 aliphatic rings. The molecule has 2 nitrogen and oxygen atoms in total. The van der Waals surface area contributed by atoms with Crippen LogP contribution in [0.4, 0.5) is 0 Å². The monoisotopic (exact) mass is 434 g/mol. The van der Waals surface area contributed by atoms with Gasteiger partial charge in [0.1, 0.15) is 0 Å². The summed E-state index contributed by atoms with van der Waals surface area (Å²) in [5.74, 6) is 1.68. The molecule has 1 saturated carbocycles. The number of hydrogen-bond acceptors (Lipinski definition) is 2. The van der Waals surface area contributed by atoms with E-state index in [2.05, 4.69) is 93.3 Å². The van der Waals surface area contributed by atoms with E-state index in [1.165, 1.54) is 53.5 Å². The van der Waals surface area contributed by atoms with Crippen LogP contribution in [-0.2, 0) is 6.42 Å². The highest BCUT2D eigenvalue weighted by Gasteiger charge is 2.20. The number of dihydropyridines is 1. The molecule has 0 radical (unpaired) electrons. The highest BCUT2D eigenvalue weighted by molar-refractivity contribution is 5.43. The molecule has 1 heterocycles. The molecule has 1 fully saturated rings. The Hall–Kier alpha value is -2.06. The van der Waals surface area contributed by atoms with Gasteiger partial charge in [0, 0.05) is 19.1 Å². The minimum absolute atomic E-state index is 0. The zero-order valence-electron chi connectivity index (χ0n) is 20.2. The first kappa shape index (κ1) is 26.2. The molecule has 0 aromatic heterocycles. The summed E-state index contributed by atoms with van der Waals surface area (Å²) in [6.45, 7) is 12.8. The second kappa shape index (κ2) is 12.8. The van der Waals surface area contributed by atoms with Crippen molar-refractivity contribution in [1.29, 1.82) is 0 Å². The van der Waals surface area contributed by atoms with Crippen LogP contribution in [0.5, 0.6) is 0 Å². The molecule has 2 heteroatoms. The summed E-state index contributed by atoms with van der Waals surface area (Å²) >= 11 is 0. The smallest absolute Gasteiger partial charge is 0.0488 e. The zero-order chi connectivity index (χ0) is 22.2. The Kier molecular flexibility index (Phi) is 10.5. The molecule has 0 bridgehead atoms. The minimum atomic E-state index is 0. The van der Waals surface area contributed by atoms with Crippen molar-refractivity contribution in [1.82, 2.24) is 10.2 Å². The fraction of sp³-hybridized carbons (Fsp3) is 0.533. The van der Waals surface area contributed by atoms with Crippen LogP contribution < -0.4 is 5.32 Å². The molecule has 1 atom stereocenters. The van der Waals surface area contributed by atoms with Crippen molar-refractivity contribution in [3.8, 4) is 0 Å². The van der Waals surface area contributed by atoms with Crippen molar-refractivity contribution in [2.24, 2.45) is 5.92 Å². The van der Waals surface area contributed by atoms with Crippen LogP contribution in [0.25, 0.3) is 0 Å². The van der Waals surface area contributed by atoms with Gasteiger partial charge < -0.3 is 5.32 Å². The summed E-state index contributed by atoms with van der Waals surface area (Å²) in [7, 11) is 2.18. The number of rotatable bonds is 9. The van der Waals surface area contributed by atoms with Gasteiger partial charge in [-0.2, -0.15) is 0 Å². The SMILES string of the molecule is C.C=C(CC)CN(C)C/C(=C\C)C1=CC(Cc2ccc(C3CCC(C)CC3)cc2)NC=C1. The Balaban J connectivity index is 0.00000363. The van der Waals surface area contributed by atoms with Crippen molar-refractivity contribution in [3.63, 3.8) is 0 Å². The summed E-state index contributed by atoms with van der Waals surface area (Å²) < 4.78 is 0. The maximum atomic E-state index is 4.16. The second-order valence-corrected chi connectivity index (χ2v) is 9.72. The van der Waals surface area contributed by atoms with E-state index in [1.54, 1.807) is 0 Å². The number of likely N-dealkylation sites (N-methyl/N-ethyl adjacent to an activating group) is 1. The summed E-state index contributed by atoms with van der Waals surface area (Å²) in [4.78, 5) is 2.36. The topological polar surface area (TPSA) is 15.3 Å². The number of nitrogens with one attached hydrogen (secondary N) is 1. The molecular weight excluding hydrogens is 388 g/mol. The first-order valence-electron chi connectivity index (χ1n) is 12.2. The van der Waals surface area contributed by atoms with Crippen molar-refractivity contribution in [2.45, 2.75) is 78.7 Å². The van der Waals surface area contributed by atoms with Crippen molar-refractivity contribution in [3.05, 3.63) is 83.1 Å². The Bertz CT molecular complexity index is 804. The zero-order valence-corrected chi connectivity index (χ0v) is 20.2. The average Bonchev–Trinajstić information content (AvgIpc) is 2.78. The van der Waals surface area contributed by atoms with E-state index in [0.717, 1.165) is 37.8 Å². The van der Waals surface area contributed by atoms with Crippen LogP contribution in [0, 0.1) is 5.92 Å². The quantitative estimate of drug-likeness (QED) is 0.407. The first-order chi connectivity index (χ1) is 15.0. The van der Waals surface area contributed by atoms with Crippen LogP contribution >= 0.6 is 0 Å². The maximum Gasteiger partial charge on any atom is 0.0488 e. The molecule has 1 aromatic rings. The van der Waals surface area contributed by atoms with Crippen LogP contribution in [0.1, 0.15) is 77.3 Å². The van der Waals surface area contributed by atoms with Crippen LogP contribution in [0.15, 0.2) is 72.0 Å². The van der Waals surface area contributed by atoms with Gasteiger partial charge >= 0.3 is 0 Å². The Morgan fingerprint density at radius 3 is 2.44 bits per heavy atom. The number of benzene rings is 1. The molecular formula is C30H46N2. The average molecular weight is 435 g/mol. The van der Waals surface area contributed by atoms with Gasteiger partial charge in [-0.15, -0.1) is 0 Å². The lowest BCUT2D eigenvalue weighted by Crippen LogP contribution is -2.29. The van der Waals surface area contributed by atoms with Gasteiger partial charge in [0.25, 0.3) is 0 Å².